The zero-order chi connectivity index (χ0) is 16.6. The molecule has 1 aromatic carbocycles. The van der Waals surface area contributed by atoms with Gasteiger partial charge in [-0.05, 0) is 35.9 Å². The van der Waals surface area contributed by atoms with Gasteiger partial charge in [0.15, 0.2) is 5.82 Å². The van der Waals surface area contributed by atoms with E-state index in [4.69, 9.17) is 0 Å². The minimum atomic E-state index is -0.249. The summed E-state index contributed by atoms with van der Waals surface area (Å²) in [6.45, 7) is 6.21. The first-order valence-electron chi connectivity index (χ1n) is 7.38. The SMILES string of the molecule is Cc1cc(-c2nnn(Cc3nnc(C(C)C)n3C)n2)ccc1F. The van der Waals surface area contributed by atoms with Gasteiger partial charge in [-0.1, -0.05) is 13.8 Å². The van der Waals surface area contributed by atoms with E-state index in [0.29, 0.717) is 23.9 Å². The number of nitrogens with zero attached hydrogens (tertiary/aromatic N) is 7. The first-order chi connectivity index (χ1) is 11.0. The van der Waals surface area contributed by atoms with Crippen LogP contribution in [-0.2, 0) is 13.6 Å². The van der Waals surface area contributed by atoms with E-state index in [1.807, 2.05) is 11.6 Å². The summed E-state index contributed by atoms with van der Waals surface area (Å²) in [5.74, 6) is 2.17. The van der Waals surface area contributed by atoms with Crippen LogP contribution in [0.2, 0.25) is 0 Å². The predicted molar refractivity (Wildman–Crippen MR) is 82.1 cm³/mol. The average Bonchev–Trinajstić information content (AvgIpc) is 3.10. The van der Waals surface area contributed by atoms with Crippen LogP contribution >= 0.6 is 0 Å². The lowest BCUT2D eigenvalue weighted by molar-refractivity contribution is 0.538. The molecular formula is C15H18FN7. The van der Waals surface area contributed by atoms with E-state index >= 15 is 0 Å². The smallest absolute Gasteiger partial charge is 0.204 e. The van der Waals surface area contributed by atoms with Crippen LogP contribution in [0.5, 0.6) is 0 Å². The summed E-state index contributed by atoms with van der Waals surface area (Å²) in [5.41, 5.74) is 1.28. The summed E-state index contributed by atoms with van der Waals surface area (Å²) in [6, 6.07) is 4.75. The van der Waals surface area contributed by atoms with Gasteiger partial charge in [0.1, 0.15) is 18.2 Å². The third-order valence-electron chi connectivity index (χ3n) is 3.67. The van der Waals surface area contributed by atoms with E-state index in [1.165, 1.54) is 10.9 Å². The van der Waals surface area contributed by atoms with Crippen LogP contribution in [-0.4, -0.2) is 35.0 Å². The van der Waals surface area contributed by atoms with Gasteiger partial charge < -0.3 is 4.57 Å². The lowest BCUT2D eigenvalue weighted by Crippen LogP contribution is -2.10. The number of aromatic nitrogens is 7. The number of hydrogen-bond acceptors (Lipinski definition) is 5. The summed E-state index contributed by atoms with van der Waals surface area (Å²) in [6.07, 6.45) is 0. The second-order valence-electron chi connectivity index (χ2n) is 5.80. The van der Waals surface area contributed by atoms with Gasteiger partial charge in [-0.3, -0.25) is 0 Å². The molecule has 7 nitrogen and oxygen atoms in total. The lowest BCUT2D eigenvalue weighted by Gasteiger charge is -2.05. The van der Waals surface area contributed by atoms with Crippen molar-refractivity contribution in [3.05, 3.63) is 41.2 Å². The van der Waals surface area contributed by atoms with Crippen molar-refractivity contribution in [1.29, 1.82) is 0 Å². The minimum absolute atomic E-state index is 0.249. The van der Waals surface area contributed by atoms with Crippen LogP contribution in [0.3, 0.4) is 0 Å². The summed E-state index contributed by atoms with van der Waals surface area (Å²) >= 11 is 0. The van der Waals surface area contributed by atoms with E-state index in [1.54, 1.807) is 19.1 Å². The minimum Gasteiger partial charge on any atom is -0.316 e. The number of rotatable bonds is 4. The van der Waals surface area contributed by atoms with Gasteiger partial charge in [0.05, 0.1) is 0 Å². The fourth-order valence-corrected chi connectivity index (χ4v) is 2.35. The number of benzene rings is 1. The quantitative estimate of drug-likeness (QED) is 0.737. The maximum absolute atomic E-state index is 13.3. The zero-order valence-electron chi connectivity index (χ0n) is 13.5. The summed E-state index contributed by atoms with van der Waals surface area (Å²) in [7, 11) is 1.92. The molecule has 0 unspecified atom stereocenters. The Morgan fingerprint density at radius 3 is 2.61 bits per heavy atom. The molecule has 0 fully saturated rings. The van der Waals surface area contributed by atoms with E-state index in [2.05, 4.69) is 39.5 Å². The van der Waals surface area contributed by atoms with Crippen molar-refractivity contribution in [3.8, 4) is 11.4 Å². The summed E-state index contributed by atoms with van der Waals surface area (Å²) in [4.78, 5) is 1.46. The van der Waals surface area contributed by atoms with E-state index in [-0.39, 0.29) is 5.82 Å². The molecule has 8 heteroatoms. The molecule has 0 amide bonds. The standard InChI is InChI=1S/C15H18FN7/c1-9(2)15-19-17-13(22(15)4)8-23-20-14(18-21-23)11-5-6-12(16)10(3)7-11/h5-7,9H,8H2,1-4H3. The molecule has 0 radical (unpaired) electrons. The van der Waals surface area contributed by atoms with Crippen molar-refractivity contribution in [2.45, 2.75) is 33.2 Å². The molecule has 120 valence electrons. The van der Waals surface area contributed by atoms with E-state index < -0.39 is 0 Å². The molecule has 0 aliphatic heterocycles. The zero-order valence-corrected chi connectivity index (χ0v) is 13.5. The largest absolute Gasteiger partial charge is 0.316 e. The Bertz CT molecular complexity index is 834. The van der Waals surface area contributed by atoms with Crippen molar-refractivity contribution < 1.29 is 4.39 Å². The van der Waals surface area contributed by atoms with Crippen molar-refractivity contribution >= 4 is 0 Å². The van der Waals surface area contributed by atoms with E-state index in [9.17, 15) is 4.39 Å². The molecule has 0 atom stereocenters. The van der Waals surface area contributed by atoms with Crippen molar-refractivity contribution in [2.24, 2.45) is 7.05 Å². The number of aryl methyl sites for hydroxylation is 1. The van der Waals surface area contributed by atoms with Crippen LogP contribution < -0.4 is 0 Å². The average molecular weight is 315 g/mol. The van der Waals surface area contributed by atoms with Crippen LogP contribution in [0.4, 0.5) is 4.39 Å². The third-order valence-corrected chi connectivity index (χ3v) is 3.67. The van der Waals surface area contributed by atoms with Gasteiger partial charge in [0.2, 0.25) is 5.82 Å². The molecule has 0 saturated heterocycles. The maximum atomic E-state index is 13.3. The van der Waals surface area contributed by atoms with Crippen LogP contribution in [0.1, 0.15) is 37.0 Å². The molecule has 2 aromatic heterocycles. The molecule has 2 heterocycles. The van der Waals surface area contributed by atoms with Crippen LogP contribution in [0.15, 0.2) is 18.2 Å². The predicted octanol–water partition coefficient (Wildman–Crippen LogP) is 2.09. The number of hydrogen-bond donors (Lipinski definition) is 0. The number of halogens is 1. The van der Waals surface area contributed by atoms with Crippen LogP contribution in [0, 0.1) is 12.7 Å². The highest BCUT2D eigenvalue weighted by Crippen LogP contribution is 2.18. The lowest BCUT2D eigenvalue weighted by atomic mass is 10.1. The molecule has 0 spiro atoms. The topological polar surface area (TPSA) is 74.3 Å². The highest BCUT2D eigenvalue weighted by Gasteiger charge is 2.14. The molecule has 0 bridgehead atoms. The first kappa shape index (κ1) is 15.3. The molecule has 23 heavy (non-hydrogen) atoms. The highest BCUT2D eigenvalue weighted by atomic mass is 19.1. The molecule has 0 N–H and O–H groups in total. The van der Waals surface area contributed by atoms with Gasteiger partial charge in [-0.25, -0.2) is 4.39 Å². The Balaban J connectivity index is 1.83. The molecule has 0 saturated carbocycles. The van der Waals surface area contributed by atoms with Gasteiger partial charge in [-0.2, -0.15) is 4.80 Å². The summed E-state index contributed by atoms with van der Waals surface area (Å²) < 4.78 is 15.3. The molecule has 3 aromatic rings. The molecule has 0 aliphatic carbocycles. The Morgan fingerprint density at radius 2 is 1.96 bits per heavy atom. The second-order valence-corrected chi connectivity index (χ2v) is 5.80. The van der Waals surface area contributed by atoms with Crippen molar-refractivity contribution in [2.75, 3.05) is 0 Å². The monoisotopic (exact) mass is 315 g/mol. The Labute approximate surface area is 133 Å². The van der Waals surface area contributed by atoms with Gasteiger partial charge in [-0.15, -0.1) is 20.4 Å². The van der Waals surface area contributed by atoms with Crippen molar-refractivity contribution in [1.82, 2.24) is 35.0 Å². The Morgan fingerprint density at radius 1 is 1.17 bits per heavy atom. The second kappa shape index (κ2) is 5.86. The maximum Gasteiger partial charge on any atom is 0.204 e. The van der Waals surface area contributed by atoms with Gasteiger partial charge in [0.25, 0.3) is 0 Å². The number of tetrazole rings is 1. The molecule has 0 aliphatic rings. The normalized spacial score (nSPS) is 11.4. The highest BCUT2D eigenvalue weighted by molar-refractivity contribution is 5.55. The fraction of sp³-hybridized carbons (Fsp3) is 0.400. The first-order valence-corrected chi connectivity index (χ1v) is 7.38. The van der Waals surface area contributed by atoms with E-state index in [0.717, 1.165) is 17.2 Å². The van der Waals surface area contributed by atoms with Crippen molar-refractivity contribution in [3.63, 3.8) is 0 Å². The molecule has 3 rings (SSSR count). The van der Waals surface area contributed by atoms with Gasteiger partial charge >= 0.3 is 0 Å². The van der Waals surface area contributed by atoms with Gasteiger partial charge in [0, 0.05) is 18.5 Å². The Hall–Kier alpha value is -2.64. The fourth-order valence-electron chi connectivity index (χ4n) is 2.35. The van der Waals surface area contributed by atoms with Crippen LogP contribution in [0.25, 0.3) is 11.4 Å². The summed E-state index contributed by atoms with van der Waals surface area (Å²) in [5, 5.41) is 20.7. The molecular weight excluding hydrogens is 297 g/mol. The third kappa shape index (κ3) is 2.96. The Kier molecular flexibility index (Phi) is 3.89.